The number of anilines is 1. The quantitative estimate of drug-likeness (QED) is 0.258. The first-order valence-electron chi connectivity index (χ1n) is 13.7. The summed E-state index contributed by atoms with van der Waals surface area (Å²) in [5.41, 5.74) is 3.82. The second-order valence-corrected chi connectivity index (χ2v) is 12.3. The molecule has 1 aliphatic heterocycles. The van der Waals surface area contributed by atoms with Crippen LogP contribution in [-0.2, 0) is 16.4 Å². The van der Waals surface area contributed by atoms with Crippen LogP contribution in [0.5, 0.6) is 11.5 Å². The van der Waals surface area contributed by atoms with Gasteiger partial charge in [0.25, 0.3) is 5.91 Å². The van der Waals surface area contributed by atoms with Crippen LogP contribution in [0.15, 0.2) is 90.0 Å². The molecule has 0 atom stereocenters. The first-order chi connectivity index (χ1) is 19.3. The molecule has 0 bridgehead atoms. The maximum absolute atomic E-state index is 13.5. The molecule has 3 aromatic carbocycles. The molecular weight excluding hydrogens is 522 g/mol. The van der Waals surface area contributed by atoms with Gasteiger partial charge in [-0.1, -0.05) is 36.8 Å². The average Bonchev–Trinajstić information content (AvgIpc) is 3.29. The number of carbonyl (C=O) groups is 1. The van der Waals surface area contributed by atoms with Gasteiger partial charge in [-0.15, -0.1) is 0 Å². The van der Waals surface area contributed by atoms with Crippen molar-refractivity contribution in [3.05, 3.63) is 96.2 Å². The predicted octanol–water partition coefficient (Wildman–Crippen LogP) is 6.40. The Morgan fingerprint density at radius 2 is 1.55 bits per heavy atom. The maximum atomic E-state index is 13.5. The standard InChI is InChI=1S/C32H35N3O4S/c1-24-29(32(36)33-25-15-17-27(18-16-25)40(2,37)38)23-35(22-21-34-19-9-4-10-20-34)31(24)28-13-7-8-14-30(28)39-26-11-5-3-6-12-26/h3,5-8,11-18,23H,4,9-10,19-22H2,1-2H3,(H,33,36). The Balaban J connectivity index is 1.48. The molecule has 1 aromatic heterocycles. The molecule has 7 nitrogen and oxygen atoms in total. The molecule has 2 heterocycles. The molecule has 1 saturated heterocycles. The van der Waals surface area contributed by atoms with Crippen LogP contribution >= 0.6 is 0 Å². The van der Waals surface area contributed by atoms with Crippen molar-refractivity contribution < 1.29 is 17.9 Å². The smallest absolute Gasteiger partial charge is 0.257 e. The van der Waals surface area contributed by atoms with Crippen LogP contribution in [0.2, 0.25) is 0 Å². The van der Waals surface area contributed by atoms with E-state index in [1.807, 2.05) is 67.7 Å². The first-order valence-corrected chi connectivity index (χ1v) is 15.5. The Bertz CT molecular complexity index is 1570. The zero-order valence-electron chi connectivity index (χ0n) is 23.0. The molecule has 5 rings (SSSR count). The highest BCUT2D eigenvalue weighted by Gasteiger charge is 2.22. The third-order valence-corrected chi connectivity index (χ3v) is 8.46. The van der Waals surface area contributed by atoms with Crippen molar-refractivity contribution in [2.24, 2.45) is 0 Å². The third-order valence-electron chi connectivity index (χ3n) is 7.34. The summed E-state index contributed by atoms with van der Waals surface area (Å²) in [5.74, 6) is 1.22. The molecule has 0 radical (unpaired) electrons. The molecule has 4 aromatic rings. The van der Waals surface area contributed by atoms with Gasteiger partial charge >= 0.3 is 0 Å². The molecule has 208 valence electrons. The molecule has 0 spiro atoms. The summed E-state index contributed by atoms with van der Waals surface area (Å²) in [5, 5.41) is 2.94. The molecule has 0 unspecified atom stereocenters. The van der Waals surface area contributed by atoms with Gasteiger partial charge in [-0.2, -0.15) is 0 Å². The molecule has 1 N–H and O–H groups in total. The van der Waals surface area contributed by atoms with Crippen LogP contribution in [0, 0.1) is 6.92 Å². The summed E-state index contributed by atoms with van der Waals surface area (Å²) in [4.78, 5) is 16.2. The number of para-hydroxylation sites is 2. The Kier molecular flexibility index (Phi) is 8.38. The molecule has 40 heavy (non-hydrogen) atoms. The largest absolute Gasteiger partial charge is 0.457 e. The van der Waals surface area contributed by atoms with Gasteiger partial charge < -0.3 is 19.5 Å². The fourth-order valence-electron chi connectivity index (χ4n) is 5.21. The van der Waals surface area contributed by atoms with Gasteiger partial charge in [0.1, 0.15) is 11.5 Å². The minimum atomic E-state index is -3.31. The minimum absolute atomic E-state index is 0.211. The average molecular weight is 558 g/mol. The Morgan fingerprint density at radius 3 is 2.25 bits per heavy atom. The molecule has 1 amide bonds. The van der Waals surface area contributed by atoms with Gasteiger partial charge in [-0.25, -0.2) is 8.42 Å². The summed E-state index contributed by atoms with van der Waals surface area (Å²) < 4.78 is 32.1. The normalized spacial score (nSPS) is 14.2. The molecular formula is C32H35N3O4S. The second-order valence-electron chi connectivity index (χ2n) is 10.3. The fraction of sp³-hybridized carbons (Fsp3) is 0.281. The highest BCUT2D eigenvalue weighted by atomic mass is 32.2. The van der Waals surface area contributed by atoms with Crippen molar-refractivity contribution in [3.8, 4) is 22.8 Å². The van der Waals surface area contributed by atoms with E-state index in [0.29, 0.717) is 11.3 Å². The number of hydrogen-bond acceptors (Lipinski definition) is 5. The van der Waals surface area contributed by atoms with Crippen LogP contribution in [0.4, 0.5) is 5.69 Å². The second kappa shape index (κ2) is 12.1. The third kappa shape index (κ3) is 6.46. The summed E-state index contributed by atoms with van der Waals surface area (Å²) in [6, 6.07) is 23.8. The summed E-state index contributed by atoms with van der Waals surface area (Å²) in [6.45, 7) is 5.80. The lowest BCUT2D eigenvalue weighted by Crippen LogP contribution is -2.32. The van der Waals surface area contributed by atoms with Gasteiger partial charge in [-0.3, -0.25) is 4.79 Å². The van der Waals surface area contributed by atoms with Crippen molar-refractivity contribution >= 4 is 21.4 Å². The number of hydrogen-bond donors (Lipinski definition) is 1. The number of sulfone groups is 1. The molecule has 0 aliphatic carbocycles. The van der Waals surface area contributed by atoms with Crippen LogP contribution in [0.25, 0.3) is 11.3 Å². The zero-order valence-corrected chi connectivity index (χ0v) is 23.8. The summed E-state index contributed by atoms with van der Waals surface area (Å²) in [7, 11) is -3.31. The van der Waals surface area contributed by atoms with Gasteiger partial charge in [-0.05, 0) is 86.9 Å². The molecule has 8 heteroatoms. The highest BCUT2D eigenvalue weighted by Crippen LogP contribution is 2.37. The van der Waals surface area contributed by atoms with Crippen molar-refractivity contribution in [2.45, 2.75) is 37.6 Å². The topological polar surface area (TPSA) is 80.6 Å². The monoisotopic (exact) mass is 557 g/mol. The summed E-state index contributed by atoms with van der Waals surface area (Å²) >= 11 is 0. The first kappa shape index (κ1) is 27.7. The van der Waals surface area contributed by atoms with Crippen molar-refractivity contribution in [1.29, 1.82) is 0 Å². The fourth-order valence-corrected chi connectivity index (χ4v) is 5.84. The Morgan fingerprint density at radius 1 is 0.875 bits per heavy atom. The van der Waals surface area contributed by atoms with E-state index in [4.69, 9.17) is 4.74 Å². The van der Waals surface area contributed by atoms with Crippen molar-refractivity contribution in [2.75, 3.05) is 31.2 Å². The number of benzene rings is 3. The molecule has 1 fully saturated rings. The van der Waals surface area contributed by atoms with E-state index in [1.54, 1.807) is 12.1 Å². The molecule has 0 saturated carbocycles. The van der Waals surface area contributed by atoms with Crippen LogP contribution in [0.3, 0.4) is 0 Å². The van der Waals surface area contributed by atoms with Crippen molar-refractivity contribution in [1.82, 2.24) is 9.47 Å². The number of carbonyl (C=O) groups excluding carboxylic acids is 1. The number of rotatable bonds is 9. The SMILES string of the molecule is Cc1c(C(=O)Nc2ccc(S(C)(=O)=O)cc2)cn(CCN2CCCCC2)c1-c1ccccc1Oc1ccccc1. The van der Waals surface area contributed by atoms with E-state index in [0.717, 1.165) is 60.8 Å². The minimum Gasteiger partial charge on any atom is -0.457 e. The summed E-state index contributed by atoms with van der Waals surface area (Å²) in [6.07, 6.45) is 6.81. The zero-order chi connectivity index (χ0) is 28.1. The maximum Gasteiger partial charge on any atom is 0.257 e. The van der Waals surface area contributed by atoms with E-state index in [2.05, 4.69) is 14.8 Å². The van der Waals surface area contributed by atoms with Gasteiger partial charge in [0.05, 0.1) is 16.2 Å². The number of amides is 1. The van der Waals surface area contributed by atoms with Crippen LogP contribution in [-0.4, -0.2) is 49.7 Å². The van der Waals surface area contributed by atoms with Crippen molar-refractivity contribution in [3.63, 3.8) is 0 Å². The Labute approximate surface area is 236 Å². The van der Waals surface area contributed by atoms with E-state index < -0.39 is 9.84 Å². The number of ether oxygens (including phenoxy) is 1. The van der Waals surface area contributed by atoms with E-state index >= 15 is 0 Å². The number of nitrogens with one attached hydrogen (secondary N) is 1. The number of piperidine rings is 1. The predicted molar refractivity (Wildman–Crippen MR) is 159 cm³/mol. The van der Waals surface area contributed by atoms with E-state index in [-0.39, 0.29) is 10.8 Å². The van der Waals surface area contributed by atoms with E-state index in [9.17, 15) is 13.2 Å². The number of likely N-dealkylation sites (tertiary alicyclic amines) is 1. The lowest BCUT2D eigenvalue weighted by molar-refractivity contribution is 0.102. The van der Waals surface area contributed by atoms with Gasteiger partial charge in [0.2, 0.25) is 0 Å². The van der Waals surface area contributed by atoms with Crippen LogP contribution < -0.4 is 10.1 Å². The van der Waals surface area contributed by atoms with Gasteiger partial charge in [0.15, 0.2) is 9.84 Å². The highest BCUT2D eigenvalue weighted by molar-refractivity contribution is 7.90. The van der Waals surface area contributed by atoms with Crippen LogP contribution in [0.1, 0.15) is 35.2 Å². The lowest BCUT2D eigenvalue weighted by atomic mass is 10.0. The molecule has 1 aliphatic rings. The van der Waals surface area contributed by atoms with E-state index in [1.165, 1.54) is 31.4 Å². The Hall–Kier alpha value is -3.88. The lowest BCUT2D eigenvalue weighted by Gasteiger charge is -2.27. The number of aromatic nitrogens is 1. The number of nitrogens with zero attached hydrogens (tertiary/aromatic N) is 2. The van der Waals surface area contributed by atoms with Gasteiger partial charge in [0, 0.05) is 36.8 Å².